The lowest BCUT2D eigenvalue weighted by Crippen LogP contribution is -2.44. The number of aryl methyl sites for hydroxylation is 1. The Labute approximate surface area is 264 Å². The molecule has 2 aliphatic rings. The lowest BCUT2D eigenvalue weighted by atomic mass is 10.1. The summed E-state index contributed by atoms with van der Waals surface area (Å²) in [6.45, 7) is 10.7. The van der Waals surface area contributed by atoms with Gasteiger partial charge in [0.15, 0.2) is 0 Å². The van der Waals surface area contributed by atoms with E-state index in [1.165, 1.54) is 17.3 Å². The first kappa shape index (κ1) is 29.8. The van der Waals surface area contributed by atoms with E-state index < -0.39 is 0 Å². The van der Waals surface area contributed by atoms with Crippen molar-refractivity contribution in [3.05, 3.63) is 108 Å². The Hall–Kier alpha value is -5.22. The number of likely N-dealkylation sites (N-methyl/N-ethyl adjacent to an activating group) is 1. The van der Waals surface area contributed by atoms with Gasteiger partial charge in [-0.15, -0.1) is 0 Å². The van der Waals surface area contributed by atoms with Crippen LogP contribution in [-0.4, -0.2) is 71.5 Å². The normalized spacial score (nSPS) is 15.3. The molecule has 10 nitrogen and oxygen atoms in total. The summed E-state index contributed by atoms with van der Waals surface area (Å²) in [7, 11) is 2.16. The van der Waals surface area contributed by atoms with Gasteiger partial charge in [0.2, 0.25) is 11.9 Å². The number of piperazine rings is 1. The van der Waals surface area contributed by atoms with Crippen LogP contribution in [0.4, 0.5) is 39.3 Å². The third-order valence-corrected chi connectivity index (χ3v) is 8.24. The number of hydrogen-bond acceptors (Lipinski definition) is 7. The van der Waals surface area contributed by atoms with E-state index >= 15 is 0 Å². The summed E-state index contributed by atoms with van der Waals surface area (Å²) in [4.78, 5) is 44.1. The number of carbonyl (C=O) groups excluding carboxylic acids is 2. The first-order valence-electron chi connectivity index (χ1n) is 15.2. The summed E-state index contributed by atoms with van der Waals surface area (Å²) >= 11 is 0. The van der Waals surface area contributed by atoms with Crippen molar-refractivity contribution >= 4 is 46.5 Å². The van der Waals surface area contributed by atoms with Crippen LogP contribution in [0.25, 0.3) is 0 Å². The zero-order chi connectivity index (χ0) is 31.3. The van der Waals surface area contributed by atoms with Crippen molar-refractivity contribution in [2.75, 3.05) is 60.2 Å². The minimum atomic E-state index is -0.330. The summed E-state index contributed by atoms with van der Waals surface area (Å²) in [6.07, 6.45) is 3.60. The van der Waals surface area contributed by atoms with Crippen LogP contribution < -0.4 is 20.4 Å². The predicted octanol–water partition coefficient (Wildman–Crippen LogP) is 5.72. The highest BCUT2D eigenvalue weighted by Gasteiger charge is 2.31. The molecule has 2 N–H and O–H groups in total. The van der Waals surface area contributed by atoms with Crippen molar-refractivity contribution in [3.63, 3.8) is 0 Å². The van der Waals surface area contributed by atoms with Crippen molar-refractivity contribution in [1.29, 1.82) is 0 Å². The Bertz CT molecular complexity index is 1700. The lowest BCUT2D eigenvalue weighted by molar-refractivity contribution is -0.111. The van der Waals surface area contributed by atoms with Crippen molar-refractivity contribution in [2.24, 2.45) is 0 Å². The van der Waals surface area contributed by atoms with Crippen LogP contribution in [0.2, 0.25) is 0 Å². The molecule has 0 spiro atoms. The van der Waals surface area contributed by atoms with Gasteiger partial charge in [-0.05, 0) is 74.0 Å². The highest BCUT2D eigenvalue weighted by atomic mass is 16.2. The van der Waals surface area contributed by atoms with Gasteiger partial charge in [0, 0.05) is 68.1 Å². The molecule has 0 radical (unpaired) electrons. The van der Waals surface area contributed by atoms with Crippen LogP contribution in [0.3, 0.4) is 0 Å². The Morgan fingerprint density at radius 1 is 0.956 bits per heavy atom. The number of anilines is 6. The Morgan fingerprint density at radius 3 is 2.51 bits per heavy atom. The molecule has 45 heavy (non-hydrogen) atoms. The van der Waals surface area contributed by atoms with Crippen LogP contribution in [0.15, 0.2) is 91.6 Å². The van der Waals surface area contributed by atoms with E-state index in [1.807, 2.05) is 47.4 Å². The zero-order valence-corrected chi connectivity index (χ0v) is 25.7. The molecule has 0 aliphatic carbocycles. The molecule has 4 aromatic rings. The molecule has 230 valence electrons. The number of amides is 3. The van der Waals surface area contributed by atoms with Crippen molar-refractivity contribution in [1.82, 2.24) is 19.8 Å². The van der Waals surface area contributed by atoms with E-state index in [0.29, 0.717) is 42.7 Å². The molecule has 6 rings (SSSR count). The second kappa shape index (κ2) is 13.2. The van der Waals surface area contributed by atoms with Crippen molar-refractivity contribution < 1.29 is 9.59 Å². The second-order valence-electron chi connectivity index (χ2n) is 11.5. The number of nitrogens with zero attached hydrogens (tertiary/aromatic N) is 6. The number of fused-ring (bicyclic) bond motifs is 1. The fraction of sp³-hybridized carbons (Fsp3) is 0.257. The monoisotopic (exact) mass is 602 g/mol. The van der Waals surface area contributed by atoms with Crippen LogP contribution in [0.5, 0.6) is 0 Å². The Balaban J connectivity index is 1.32. The van der Waals surface area contributed by atoms with Gasteiger partial charge >= 0.3 is 6.03 Å². The van der Waals surface area contributed by atoms with Crippen LogP contribution in [-0.2, 0) is 17.8 Å². The smallest absolute Gasteiger partial charge is 0.330 e. The third kappa shape index (κ3) is 6.81. The quantitative estimate of drug-likeness (QED) is 0.249. The molecule has 0 atom stereocenters. The van der Waals surface area contributed by atoms with Gasteiger partial charge in [0.05, 0.1) is 5.69 Å². The number of rotatable bonds is 8. The van der Waals surface area contributed by atoms with E-state index in [4.69, 9.17) is 4.98 Å². The fourth-order valence-electron chi connectivity index (χ4n) is 5.77. The van der Waals surface area contributed by atoms with E-state index in [-0.39, 0.29) is 11.9 Å². The van der Waals surface area contributed by atoms with Crippen LogP contribution in [0, 0.1) is 6.92 Å². The molecule has 3 amide bonds. The van der Waals surface area contributed by atoms with Crippen molar-refractivity contribution in [3.8, 4) is 0 Å². The van der Waals surface area contributed by atoms with Gasteiger partial charge in [-0.2, -0.15) is 4.98 Å². The summed E-state index contributed by atoms with van der Waals surface area (Å²) in [6, 6.07) is 23.2. The molecule has 0 unspecified atom stereocenters. The maximum atomic E-state index is 14.3. The van der Waals surface area contributed by atoms with E-state index in [9.17, 15) is 9.59 Å². The predicted molar refractivity (Wildman–Crippen MR) is 180 cm³/mol. The average Bonchev–Trinajstić information content (AvgIpc) is 3.18. The number of nitrogens with one attached hydrogen (secondary N) is 2. The zero-order valence-electron chi connectivity index (χ0n) is 25.7. The summed E-state index contributed by atoms with van der Waals surface area (Å²) in [5, 5.41) is 6.16. The summed E-state index contributed by atoms with van der Waals surface area (Å²) in [5.41, 5.74) is 6.30. The molecule has 0 saturated carbocycles. The largest absolute Gasteiger partial charge is 0.369 e. The van der Waals surface area contributed by atoms with Crippen LogP contribution in [0.1, 0.15) is 16.7 Å². The third-order valence-electron chi connectivity index (χ3n) is 8.24. The summed E-state index contributed by atoms with van der Waals surface area (Å²) in [5.74, 6) is 0.570. The number of urea groups is 1. The molecule has 1 aromatic heterocycles. The van der Waals surface area contributed by atoms with E-state index in [0.717, 1.165) is 43.0 Å². The van der Waals surface area contributed by atoms with Gasteiger partial charge in [0.25, 0.3) is 0 Å². The van der Waals surface area contributed by atoms with Gasteiger partial charge in [-0.3, -0.25) is 4.79 Å². The van der Waals surface area contributed by atoms with Gasteiger partial charge in [-0.25, -0.2) is 14.7 Å². The molecule has 3 aromatic carbocycles. The van der Waals surface area contributed by atoms with Crippen molar-refractivity contribution in [2.45, 2.75) is 19.9 Å². The first-order chi connectivity index (χ1) is 21.9. The van der Waals surface area contributed by atoms with Gasteiger partial charge in [0.1, 0.15) is 5.82 Å². The molecule has 1 saturated heterocycles. The van der Waals surface area contributed by atoms with Crippen LogP contribution >= 0.6 is 0 Å². The SMILES string of the molecule is C=CC(=O)Nc1cccc(N2C(=O)N(Cc3ccccc3)CCc3cnc(Nc4ccc(N5CCN(C)CC5)c(C)c4)nc32)c1. The standard InChI is InChI=1S/C35H38N8O2/c1-4-32(44)37-28-11-8-12-30(22-28)43-33-27(15-16-42(35(43)45)24-26-9-6-5-7-10-26)23-36-34(39-33)38-29-13-14-31(25(2)21-29)41-19-17-40(3)18-20-41/h4-14,21-23H,1,15-20,24H2,2-3H3,(H,37,44)(H,36,38,39). The topological polar surface area (TPSA) is 96.9 Å². The molecular weight excluding hydrogens is 564 g/mol. The number of benzene rings is 3. The molecule has 0 bridgehead atoms. The average molecular weight is 603 g/mol. The van der Waals surface area contributed by atoms with E-state index in [2.05, 4.69) is 58.1 Å². The van der Waals surface area contributed by atoms with Gasteiger partial charge in [-0.1, -0.05) is 43.0 Å². The minimum Gasteiger partial charge on any atom is -0.369 e. The van der Waals surface area contributed by atoms with Gasteiger partial charge < -0.3 is 25.3 Å². The molecule has 1 fully saturated rings. The highest BCUT2D eigenvalue weighted by Crippen LogP contribution is 2.34. The number of hydrogen-bond donors (Lipinski definition) is 2. The highest BCUT2D eigenvalue weighted by molar-refractivity contribution is 6.02. The number of aromatic nitrogens is 2. The second-order valence-corrected chi connectivity index (χ2v) is 11.5. The molecule has 3 heterocycles. The molecule has 10 heteroatoms. The minimum absolute atomic E-state index is 0.207. The number of carbonyl (C=O) groups is 2. The first-order valence-corrected chi connectivity index (χ1v) is 15.2. The molecular formula is C35H38N8O2. The molecule has 2 aliphatic heterocycles. The van der Waals surface area contributed by atoms with E-state index in [1.54, 1.807) is 29.3 Å². The maximum absolute atomic E-state index is 14.3. The fourth-order valence-corrected chi connectivity index (χ4v) is 5.77. The Kier molecular flexibility index (Phi) is 8.74. The lowest BCUT2D eigenvalue weighted by Gasteiger charge is -2.35. The maximum Gasteiger partial charge on any atom is 0.330 e. The summed E-state index contributed by atoms with van der Waals surface area (Å²) < 4.78 is 0. The Morgan fingerprint density at radius 2 is 1.76 bits per heavy atom.